The number of hydrogen-bond donors (Lipinski definition) is 1. The second kappa shape index (κ2) is 4.81. The Kier molecular flexibility index (Phi) is 3.93. The number of nitrogens with two attached hydrogens (primary N) is 1. The lowest BCUT2D eigenvalue weighted by molar-refractivity contribution is -0.138. The Morgan fingerprint density at radius 2 is 2.07 bits per heavy atom. The molecule has 0 aliphatic heterocycles. The molecule has 0 radical (unpaired) electrons. The predicted octanol–water partition coefficient (Wildman–Crippen LogP) is 2.65. The molecule has 0 aliphatic rings. The van der Waals surface area contributed by atoms with Crippen LogP contribution in [0.1, 0.15) is 17.7 Å². The van der Waals surface area contributed by atoms with Gasteiger partial charge < -0.3 is 5.73 Å². The van der Waals surface area contributed by atoms with Crippen LogP contribution in [0.3, 0.4) is 0 Å². The van der Waals surface area contributed by atoms with Crippen LogP contribution in [0.15, 0.2) is 12.3 Å². The van der Waals surface area contributed by atoms with Crippen LogP contribution >= 0.6 is 11.6 Å². The molecule has 0 saturated carbocycles. The van der Waals surface area contributed by atoms with Gasteiger partial charge in [0.15, 0.2) is 0 Å². The monoisotopic (exact) mass is 238 g/mol. The van der Waals surface area contributed by atoms with Crippen molar-refractivity contribution >= 4 is 11.6 Å². The van der Waals surface area contributed by atoms with E-state index in [1.54, 1.807) is 0 Å². The normalized spacial score (nSPS) is 11.8. The van der Waals surface area contributed by atoms with E-state index in [1.807, 2.05) is 0 Å². The molecule has 0 aromatic carbocycles. The summed E-state index contributed by atoms with van der Waals surface area (Å²) in [7, 11) is 0. The van der Waals surface area contributed by atoms with E-state index in [9.17, 15) is 13.2 Å². The van der Waals surface area contributed by atoms with E-state index < -0.39 is 11.7 Å². The van der Waals surface area contributed by atoms with Crippen molar-refractivity contribution in [1.82, 2.24) is 4.98 Å². The summed E-state index contributed by atoms with van der Waals surface area (Å²) in [6, 6.07) is 1.14. The summed E-state index contributed by atoms with van der Waals surface area (Å²) in [5.41, 5.74) is 4.34. The van der Waals surface area contributed by atoms with E-state index >= 15 is 0 Å². The zero-order chi connectivity index (χ0) is 11.5. The number of aryl methyl sites for hydroxylation is 1. The predicted molar refractivity (Wildman–Crippen MR) is 51.6 cm³/mol. The number of aromatic nitrogens is 1. The van der Waals surface area contributed by atoms with E-state index in [0.29, 0.717) is 13.0 Å². The number of rotatable bonds is 3. The number of alkyl halides is 3. The first-order valence-electron chi connectivity index (χ1n) is 4.37. The number of pyridine rings is 1. The van der Waals surface area contributed by atoms with Gasteiger partial charge in [0, 0.05) is 6.20 Å². The minimum atomic E-state index is -4.46. The summed E-state index contributed by atoms with van der Waals surface area (Å²) in [6.07, 6.45) is -2.55. The molecule has 1 aromatic rings. The van der Waals surface area contributed by atoms with Crippen molar-refractivity contribution < 1.29 is 13.2 Å². The largest absolute Gasteiger partial charge is 0.419 e. The van der Waals surface area contributed by atoms with Crippen molar-refractivity contribution in [2.75, 3.05) is 6.54 Å². The highest BCUT2D eigenvalue weighted by Gasteiger charge is 2.36. The van der Waals surface area contributed by atoms with Crippen LogP contribution in [0.25, 0.3) is 0 Å². The van der Waals surface area contributed by atoms with Gasteiger partial charge >= 0.3 is 6.18 Å². The van der Waals surface area contributed by atoms with Gasteiger partial charge in [0.05, 0.1) is 16.3 Å². The Morgan fingerprint density at radius 3 is 2.60 bits per heavy atom. The van der Waals surface area contributed by atoms with Gasteiger partial charge in [-0.2, -0.15) is 13.2 Å². The van der Waals surface area contributed by atoms with E-state index in [2.05, 4.69) is 4.98 Å². The fourth-order valence-corrected chi connectivity index (χ4v) is 1.51. The lowest BCUT2D eigenvalue weighted by Gasteiger charge is -2.12. The smallest absolute Gasteiger partial charge is 0.330 e. The van der Waals surface area contributed by atoms with Crippen LogP contribution in [0.2, 0.25) is 5.02 Å². The molecule has 0 saturated heterocycles. The van der Waals surface area contributed by atoms with Crippen LogP contribution in [0.5, 0.6) is 0 Å². The Labute approximate surface area is 90.3 Å². The molecular weight excluding hydrogens is 229 g/mol. The fraction of sp³-hybridized carbons (Fsp3) is 0.444. The summed E-state index contributed by atoms with van der Waals surface area (Å²) in [4.78, 5) is 3.68. The Bertz CT molecular complexity index is 339. The third-order valence-electron chi connectivity index (χ3n) is 1.88. The molecular formula is C9H10ClF3N2. The topological polar surface area (TPSA) is 38.9 Å². The molecule has 0 bridgehead atoms. The van der Waals surface area contributed by atoms with Crippen molar-refractivity contribution in [3.8, 4) is 0 Å². The standard InChI is InChI=1S/C9H10ClF3N2/c10-6-3-5-15-7(2-1-4-14)8(6)9(11,12)13/h3,5H,1-2,4,14H2. The highest BCUT2D eigenvalue weighted by atomic mass is 35.5. The zero-order valence-corrected chi connectivity index (χ0v) is 8.57. The van der Waals surface area contributed by atoms with Crippen LogP contribution in [0.4, 0.5) is 13.2 Å². The fourth-order valence-electron chi connectivity index (χ4n) is 1.24. The van der Waals surface area contributed by atoms with Crippen molar-refractivity contribution in [2.45, 2.75) is 19.0 Å². The third-order valence-corrected chi connectivity index (χ3v) is 2.19. The number of halogens is 4. The molecule has 2 N–H and O–H groups in total. The molecule has 15 heavy (non-hydrogen) atoms. The SMILES string of the molecule is NCCCc1nccc(Cl)c1C(F)(F)F. The Morgan fingerprint density at radius 1 is 1.40 bits per heavy atom. The summed E-state index contributed by atoms with van der Waals surface area (Å²) < 4.78 is 37.7. The number of nitrogens with zero attached hydrogens (tertiary/aromatic N) is 1. The number of hydrogen-bond acceptors (Lipinski definition) is 2. The molecule has 1 heterocycles. The van der Waals surface area contributed by atoms with Gasteiger partial charge in [-0.05, 0) is 25.5 Å². The molecule has 0 atom stereocenters. The maximum atomic E-state index is 12.6. The molecule has 0 fully saturated rings. The first-order chi connectivity index (χ1) is 6.96. The van der Waals surface area contributed by atoms with Gasteiger partial charge in [-0.1, -0.05) is 11.6 Å². The minimum Gasteiger partial charge on any atom is -0.330 e. The van der Waals surface area contributed by atoms with Crippen molar-refractivity contribution in [3.63, 3.8) is 0 Å². The van der Waals surface area contributed by atoms with Crippen LogP contribution < -0.4 is 5.73 Å². The molecule has 0 spiro atoms. The molecule has 1 rings (SSSR count). The quantitative estimate of drug-likeness (QED) is 0.879. The minimum absolute atomic E-state index is 0.0412. The highest BCUT2D eigenvalue weighted by molar-refractivity contribution is 6.31. The van der Waals surface area contributed by atoms with Crippen LogP contribution in [-0.4, -0.2) is 11.5 Å². The average Bonchev–Trinajstić information content (AvgIpc) is 2.12. The molecule has 6 heteroatoms. The van der Waals surface area contributed by atoms with Gasteiger partial charge in [0.1, 0.15) is 0 Å². The second-order valence-electron chi connectivity index (χ2n) is 3.00. The first kappa shape index (κ1) is 12.3. The van der Waals surface area contributed by atoms with Gasteiger partial charge in [0.25, 0.3) is 0 Å². The summed E-state index contributed by atoms with van der Waals surface area (Å²) in [6.45, 7) is 0.325. The van der Waals surface area contributed by atoms with Gasteiger partial charge in [0.2, 0.25) is 0 Å². The summed E-state index contributed by atoms with van der Waals surface area (Å²) >= 11 is 5.50. The van der Waals surface area contributed by atoms with Crippen molar-refractivity contribution in [2.24, 2.45) is 5.73 Å². The van der Waals surface area contributed by atoms with E-state index in [0.717, 1.165) is 6.07 Å². The summed E-state index contributed by atoms with van der Waals surface area (Å²) in [5.74, 6) is 0. The maximum Gasteiger partial charge on any atom is 0.419 e. The zero-order valence-electron chi connectivity index (χ0n) is 7.81. The third kappa shape index (κ3) is 3.07. The van der Waals surface area contributed by atoms with Crippen LogP contribution in [-0.2, 0) is 12.6 Å². The first-order valence-corrected chi connectivity index (χ1v) is 4.75. The lowest BCUT2D eigenvalue weighted by atomic mass is 10.1. The molecule has 2 nitrogen and oxygen atoms in total. The second-order valence-corrected chi connectivity index (χ2v) is 3.41. The van der Waals surface area contributed by atoms with E-state index in [-0.39, 0.29) is 17.1 Å². The van der Waals surface area contributed by atoms with Gasteiger partial charge in [-0.25, -0.2) is 0 Å². The van der Waals surface area contributed by atoms with Crippen molar-refractivity contribution in [3.05, 3.63) is 28.5 Å². The molecule has 84 valence electrons. The Balaban J connectivity index is 3.09. The highest BCUT2D eigenvalue weighted by Crippen LogP contribution is 2.36. The molecule has 0 unspecified atom stereocenters. The summed E-state index contributed by atoms with van der Waals surface area (Å²) in [5, 5.41) is -0.315. The molecule has 1 aromatic heterocycles. The average molecular weight is 239 g/mol. The van der Waals surface area contributed by atoms with Crippen molar-refractivity contribution in [1.29, 1.82) is 0 Å². The maximum absolute atomic E-state index is 12.6. The molecule has 0 amide bonds. The van der Waals surface area contributed by atoms with Gasteiger partial charge in [-0.3, -0.25) is 4.98 Å². The van der Waals surface area contributed by atoms with Crippen LogP contribution in [0, 0.1) is 0 Å². The van der Waals surface area contributed by atoms with E-state index in [1.165, 1.54) is 6.20 Å². The van der Waals surface area contributed by atoms with E-state index in [4.69, 9.17) is 17.3 Å². The Hall–Kier alpha value is -0.810. The van der Waals surface area contributed by atoms with Gasteiger partial charge in [-0.15, -0.1) is 0 Å². The molecule has 0 aliphatic carbocycles. The lowest BCUT2D eigenvalue weighted by Crippen LogP contribution is -2.13.